The van der Waals surface area contributed by atoms with Gasteiger partial charge < -0.3 is 5.32 Å². The second-order valence-electron chi connectivity index (χ2n) is 2.58. The van der Waals surface area contributed by atoms with E-state index >= 15 is 0 Å². The molecule has 0 heterocycles. The van der Waals surface area contributed by atoms with Crippen LogP contribution in [0.1, 0.15) is 19.3 Å². The van der Waals surface area contributed by atoms with Gasteiger partial charge in [0.05, 0.1) is 6.07 Å². The van der Waals surface area contributed by atoms with Crippen molar-refractivity contribution in [2.75, 3.05) is 0 Å². The third kappa shape index (κ3) is 1.47. The van der Waals surface area contributed by atoms with Crippen molar-refractivity contribution in [2.45, 2.75) is 25.3 Å². The quantitative estimate of drug-likeness (QED) is 0.558. The molecule has 0 aromatic heterocycles. The summed E-state index contributed by atoms with van der Waals surface area (Å²) in [5.74, 6) is 0.144. The van der Waals surface area contributed by atoms with Crippen LogP contribution < -0.4 is 5.32 Å². The zero-order valence-corrected chi connectivity index (χ0v) is 5.63. The number of amides is 1. The van der Waals surface area contributed by atoms with Gasteiger partial charge in [-0.3, -0.25) is 4.79 Å². The van der Waals surface area contributed by atoms with Gasteiger partial charge in [-0.15, -0.1) is 0 Å². The Morgan fingerprint density at radius 3 is 2.80 bits per heavy atom. The molecule has 3 nitrogen and oxygen atoms in total. The first-order valence-corrected chi connectivity index (χ1v) is 3.39. The summed E-state index contributed by atoms with van der Waals surface area (Å²) in [6, 6.07) is 2.38. The van der Waals surface area contributed by atoms with E-state index in [1.54, 1.807) is 6.41 Å². The van der Waals surface area contributed by atoms with Crippen LogP contribution in [0.2, 0.25) is 0 Å². The van der Waals surface area contributed by atoms with E-state index in [-0.39, 0.29) is 12.0 Å². The summed E-state index contributed by atoms with van der Waals surface area (Å²) in [6.07, 6.45) is 4.28. The molecule has 53 valence electrons. The third-order valence-corrected chi connectivity index (χ3v) is 1.88. The Kier molecular flexibility index (Phi) is 2.27. The molecule has 0 bridgehead atoms. The van der Waals surface area contributed by atoms with E-state index in [1.807, 2.05) is 0 Å². The molecule has 0 aliphatic heterocycles. The van der Waals surface area contributed by atoms with Crippen LogP contribution in [0.5, 0.6) is 0 Å². The minimum Gasteiger partial charge on any atom is -0.345 e. The van der Waals surface area contributed by atoms with Crippen molar-refractivity contribution in [2.24, 2.45) is 5.92 Å². The Balaban J connectivity index is 2.30. The molecule has 0 spiro atoms. The van der Waals surface area contributed by atoms with Gasteiger partial charge in [0.25, 0.3) is 0 Å². The highest BCUT2D eigenvalue weighted by molar-refractivity contribution is 5.47. The Hall–Kier alpha value is -1.04. The van der Waals surface area contributed by atoms with Crippen LogP contribution in [-0.2, 0) is 4.79 Å². The molecule has 1 N–H and O–H groups in total. The molecule has 1 saturated carbocycles. The summed E-state index contributed by atoms with van der Waals surface area (Å²) in [4.78, 5) is 9.84. The van der Waals surface area contributed by atoms with E-state index in [1.165, 1.54) is 0 Å². The van der Waals surface area contributed by atoms with Crippen molar-refractivity contribution in [1.82, 2.24) is 5.32 Å². The number of nitriles is 1. The van der Waals surface area contributed by atoms with E-state index in [4.69, 9.17) is 5.26 Å². The van der Waals surface area contributed by atoms with Gasteiger partial charge >= 0.3 is 6.41 Å². The van der Waals surface area contributed by atoms with E-state index in [0.29, 0.717) is 0 Å². The summed E-state index contributed by atoms with van der Waals surface area (Å²) >= 11 is 0. The van der Waals surface area contributed by atoms with Crippen LogP contribution in [0.15, 0.2) is 0 Å². The summed E-state index contributed by atoms with van der Waals surface area (Å²) in [5, 5.41) is 11.0. The lowest BCUT2D eigenvalue weighted by Crippen LogP contribution is -2.24. The zero-order valence-electron chi connectivity index (χ0n) is 5.63. The van der Waals surface area contributed by atoms with Gasteiger partial charge in [0.1, 0.15) is 0 Å². The lowest BCUT2D eigenvalue weighted by atomic mass is 10.1. The number of carbonyl (C=O) groups excluding carboxylic acids is 1. The van der Waals surface area contributed by atoms with Crippen molar-refractivity contribution in [3.63, 3.8) is 0 Å². The van der Waals surface area contributed by atoms with Crippen molar-refractivity contribution in [3.8, 4) is 6.07 Å². The predicted molar refractivity (Wildman–Crippen MR) is 35.6 cm³/mol. The molecule has 0 aromatic carbocycles. The van der Waals surface area contributed by atoms with E-state index < -0.39 is 0 Å². The number of rotatable bonds is 2. The molecule has 0 saturated heterocycles. The maximum Gasteiger partial charge on any atom is 0.309 e. The summed E-state index contributed by atoms with van der Waals surface area (Å²) in [5.41, 5.74) is 0. The summed E-state index contributed by atoms with van der Waals surface area (Å²) in [6.45, 7) is 0. The molecule has 1 aliphatic carbocycles. The van der Waals surface area contributed by atoms with Crippen molar-refractivity contribution in [1.29, 1.82) is 5.26 Å². The maximum absolute atomic E-state index is 9.84. The first kappa shape index (κ1) is 7.07. The standard InChI is InChI=1S/C7H9N2O/c8-4-6-1-2-7(3-6)9-5-10/h6-7H,1-3H2,(H,9,10). The van der Waals surface area contributed by atoms with E-state index in [0.717, 1.165) is 19.3 Å². The highest BCUT2D eigenvalue weighted by Crippen LogP contribution is 2.23. The second-order valence-corrected chi connectivity index (χ2v) is 2.58. The number of nitrogens with zero attached hydrogens (tertiary/aromatic N) is 1. The first-order chi connectivity index (χ1) is 4.86. The molecule has 2 unspecified atom stereocenters. The van der Waals surface area contributed by atoms with Crippen molar-refractivity contribution < 1.29 is 4.79 Å². The molecule has 1 radical (unpaired) electrons. The summed E-state index contributed by atoms with van der Waals surface area (Å²) in [7, 11) is 0. The molecule has 1 amide bonds. The average Bonchev–Trinajstić information content (AvgIpc) is 2.37. The van der Waals surface area contributed by atoms with Crippen molar-refractivity contribution in [3.05, 3.63) is 0 Å². The number of nitrogens with one attached hydrogen (secondary N) is 1. The van der Waals surface area contributed by atoms with Gasteiger partial charge in [-0.2, -0.15) is 5.26 Å². The second kappa shape index (κ2) is 3.21. The fourth-order valence-corrected chi connectivity index (χ4v) is 1.31. The molecule has 10 heavy (non-hydrogen) atoms. The SMILES string of the molecule is N#CC1CCC(N[C]=O)C1. The van der Waals surface area contributed by atoms with E-state index in [2.05, 4.69) is 11.4 Å². The van der Waals surface area contributed by atoms with Gasteiger partial charge in [-0.25, -0.2) is 0 Å². The van der Waals surface area contributed by atoms with Gasteiger partial charge in [0.15, 0.2) is 0 Å². The normalized spacial score (nSPS) is 31.1. The first-order valence-electron chi connectivity index (χ1n) is 3.39. The Morgan fingerprint density at radius 1 is 1.50 bits per heavy atom. The van der Waals surface area contributed by atoms with Crippen LogP contribution in [-0.4, -0.2) is 12.5 Å². The van der Waals surface area contributed by atoms with Crippen LogP contribution in [0.25, 0.3) is 0 Å². The smallest absolute Gasteiger partial charge is 0.309 e. The average molecular weight is 137 g/mol. The Labute approximate surface area is 60.0 Å². The predicted octanol–water partition coefficient (Wildman–Crippen LogP) is 0.335. The highest BCUT2D eigenvalue weighted by atomic mass is 16.1. The third-order valence-electron chi connectivity index (χ3n) is 1.88. The molecule has 1 rings (SSSR count). The van der Waals surface area contributed by atoms with Crippen LogP contribution >= 0.6 is 0 Å². The Morgan fingerprint density at radius 2 is 2.30 bits per heavy atom. The molecular weight excluding hydrogens is 128 g/mol. The molecule has 1 fully saturated rings. The maximum atomic E-state index is 9.84. The van der Waals surface area contributed by atoms with Gasteiger partial charge in [-0.1, -0.05) is 0 Å². The largest absolute Gasteiger partial charge is 0.345 e. The molecular formula is C7H9N2O. The molecule has 0 aromatic rings. The van der Waals surface area contributed by atoms with E-state index in [9.17, 15) is 4.79 Å². The molecule has 3 heteroatoms. The number of hydrogen-bond acceptors (Lipinski definition) is 2. The molecule has 1 aliphatic rings. The van der Waals surface area contributed by atoms with Gasteiger partial charge in [0.2, 0.25) is 0 Å². The lowest BCUT2D eigenvalue weighted by molar-refractivity contribution is 0.516. The minimum absolute atomic E-state index is 0.144. The van der Waals surface area contributed by atoms with Gasteiger partial charge in [-0.05, 0) is 19.3 Å². The summed E-state index contributed by atoms with van der Waals surface area (Å²) < 4.78 is 0. The highest BCUT2D eigenvalue weighted by Gasteiger charge is 2.23. The van der Waals surface area contributed by atoms with Crippen LogP contribution in [0.4, 0.5) is 0 Å². The fraction of sp³-hybridized carbons (Fsp3) is 0.714. The Bertz CT molecular complexity index is 161. The lowest BCUT2D eigenvalue weighted by Gasteiger charge is -2.03. The topological polar surface area (TPSA) is 52.9 Å². The van der Waals surface area contributed by atoms with Crippen molar-refractivity contribution >= 4 is 6.41 Å². The van der Waals surface area contributed by atoms with Gasteiger partial charge in [0, 0.05) is 12.0 Å². The molecule has 2 atom stereocenters. The van der Waals surface area contributed by atoms with Crippen LogP contribution in [0.3, 0.4) is 0 Å². The zero-order chi connectivity index (χ0) is 7.40. The minimum atomic E-state index is 0.144. The fourth-order valence-electron chi connectivity index (χ4n) is 1.31. The monoisotopic (exact) mass is 137 g/mol. The van der Waals surface area contributed by atoms with Crippen LogP contribution in [0, 0.1) is 17.2 Å². The number of hydrogen-bond donors (Lipinski definition) is 1.